The lowest BCUT2D eigenvalue weighted by molar-refractivity contribution is 0.113. The highest BCUT2D eigenvalue weighted by atomic mass is 32.2. The van der Waals surface area contributed by atoms with Gasteiger partial charge in [-0.3, -0.25) is 0 Å². The van der Waals surface area contributed by atoms with Gasteiger partial charge >= 0.3 is 0 Å². The Morgan fingerprint density at radius 2 is 2.07 bits per heavy atom. The fourth-order valence-corrected chi connectivity index (χ4v) is 2.19. The summed E-state index contributed by atoms with van der Waals surface area (Å²) in [4.78, 5) is 0. The first kappa shape index (κ1) is 12.5. The molecule has 84 valence electrons. The second kappa shape index (κ2) is 6.10. The smallest absolute Gasteiger partial charge is 0.127 e. The van der Waals surface area contributed by atoms with E-state index in [-0.39, 0.29) is 17.7 Å². The van der Waals surface area contributed by atoms with Crippen molar-refractivity contribution in [3.8, 4) is 0 Å². The predicted octanol–water partition coefficient (Wildman–Crippen LogP) is 1.97. The molecule has 0 aliphatic rings. The van der Waals surface area contributed by atoms with Gasteiger partial charge in [0.15, 0.2) is 0 Å². The average Bonchev–Trinajstić information content (AvgIpc) is 2.26. The molecule has 0 saturated heterocycles. The average molecular weight is 230 g/mol. The first-order chi connectivity index (χ1) is 7.15. The Hall–Kier alpha value is -0.580. The third-order valence-corrected chi connectivity index (χ3v) is 3.42. The topological polar surface area (TPSA) is 40.5 Å². The lowest BCUT2D eigenvalue weighted by Gasteiger charge is -2.14. The molecule has 1 aromatic carbocycles. The van der Waals surface area contributed by atoms with Crippen molar-refractivity contribution in [2.24, 2.45) is 0 Å². The van der Waals surface area contributed by atoms with Crippen LogP contribution in [0.25, 0.3) is 0 Å². The number of aliphatic hydroxyl groups excluding tert-OH is 2. The molecule has 0 aromatic heterocycles. The van der Waals surface area contributed by atoms with E-state index in [4.69, 9.17) is 10.2 Å². The van der Waals surface area contributed by atoms with E-state index >= 15 is 0 Å². The molecule has 4 heteroatoms. The molecular weight excluding hydrogens is 215 g/mol. The van der Waals surface area contributed by atoms with Crippen LogP contribution in [0.2, 0.25) is 0 Å². The number of thioether (sulfide) groups is 1. The van der Waals surface area contributed by atoms with E-state index < -0.39 is 6.10 Å². The highest BCUT2D eigenvalue weighted by Gasteiger charge is 2.12. The summed E-state index contributed by atoms with van der Waals surface area (Å²) in [7, 11) is 0. The number of hydrogen-bond acceptors (Lipinski definition) is 3. The van der Waals surface area contributed by atoms with Gasteiger partial charge in [0.1, 0.15) is 5.82 Å². The first-order valence-electron chi connectivity index (χ1n) is 4.80. The summed E-state index contributed by atoms with van der Waals surface area (Å²) in [6.07, 6.45) is -0.732. The zero-order valence-electron chi connectivity index (χ0n) is 8.56. The number of hydrogen-bond donors (Lipinski definition) is 2. The van der Waals surface area contributed by atoms with Gasteiger partial charge < -0.3 is 10.2 Å². The Bertz CT molecular complexity index is 306. The first-order valence-corrected chi connectivity index (χ1v) is 5.85. The van der Waals surface area contributed by atoms with Gasteiger partial charge in [-0.2, -0.15) is 11.8 Å². The Labute approximate surface area is 93.1 Å². The lowest BCUT2D eigenvalue weighted by atomic mass is 10.1. The normalized spacial score (nSPS) is 14.9. The van der Waals surface area contributed by atoms with Crippen LogP contribution < -0.4 is 0 Å². The molecule has 2 nitrogen and oxygen atoms in total. The second-order valence-electron chi connectivity index (χ2n) is 3.33. The summed E-state index contributed by atoms with van der Waals surface area (Å²) >= 11 is 1.43. The van der Waals surface area contributed by atoms with Gasteiger partial charge in [-0.25, -0.2) is 4.39 Å². The highest BCUT2D eigenvalue weighted by molar-refractivity contribution is 7.99. The maximum atomic E-state index is 13.3. The predicted molar refractivity (Wildman–Crippen MR) is 60.4 cm³/mol. The Morgan fingerprint density at radius 3 is 2.67 bits per heavy atom. The van der Waals surface area contributed by atoms with E-state index in [0.29, 0.717) is 11.3 Å². The van der Waals surface area contributed by atoms with Gasteiger partial charge in [0.05, 0.1) is 12.7 Å². The van der Waals surface area contributed by atoms with Crippen molar-refractivity contribution in [1.29, 1.82) is 0 Å². The molecule has 0 bridgehead atoms. The molecule has 1 rings (SSSR count). The molecule has 0 saturated carbocycles. The zero-order valence-corrected chi connectivity index (χ0v) is 9.38. The highest BCUT2D eigenvalue weighted by Crippen LogP contribution is 2.30. The molecule has 2 atom stereocenters. The fourth-order valence-electron chi connectivity index (χ4n) is 1.20. The van der Waals surface area contributed by atoms with Crippen LogP contribution in [0.15, 0.2) is 24.3 Å². The van der Waals surface area contributed by atoms with Crippen molar-refractivity contribution >= 4 is 11.8 Å². The molecule has 0 aliphatic heterocycles. The summed E-state index contributed by atoms with van der Waals surface area (Å²) in [5, 5.41) is 17.8. The zero-order chi connectivity index (χ0) is 11.3. The van der Waals surface area contributed by atoms with Crippen LogP contribution in [0.4, 0.5) is 4.39 Å². The second-order valence-corrected chi connectivity index (χ2v) is 4.71. The van der Waals surface area contributed by atoms with E-state index in [1.54, 1.807) is 18.2 Å². The molecule has 2 unspecified atom stereocenters. The van der Waals surface area contributed by atoms with Crippen LogP contribution in [0.1, 0.15) is 17.7 Å². The van der Waals surface area contributed by atoms with Crippen molar-refractivity contribution in [2.45, 2.75) is 18.3 Å². The van der Waals surface area contributed by atoms with Gasteiger partial charge in [-0.05, 0) is 13.0 Å². The minimum Gasteiger partial charge on any atom is -0.394 e. The molecule has 2 N–H and O–H groups in total. The summed E-state index contributed by atoms with van der Waals surface area (Å²) < 4.78 is 13.3. The largest absolute Gasteiger partial charge is 0.394 e. The summed E-state index contributed by atoms with van der Waals surface area (Å²) in [6, 6.07) is 6.60. The molecule has 0 spiro atoms. The molecule has 0 aliphatic carbocycles. The van der Waals surface area contributed by atoms with Gasteiger partial charge in [-0.15, -0.1) is 0 Å². The Kier molecular flexibility index (Phi) is 5.08. The lowest BCUT2D eigenvalue weighted by Crippen LogP contribution is -2.15. The number of aliphatic hydroxyl groups is 2. The Balaban J connectivity index is 2.54. The maximum Gasteiger partial charge on any atom is 0.127 e. The van der Waals surface area contributed by atoms with Crippen LogP contribution in [-0.2, 0) is 0 Å². The molecule has 0 heterocycles. The number of benzene rings is 1. The van der Waals surface area contributed by atoms with Gasteiger partial charge in [-0.1, -0.05) is 18.2 Å². The van der Waals surface area contributed by atoms with E-state index in [1.807, 2.05) is 6.92 Å². The van der Waals surface area contributed by atoms with Crippen LogP contribution in [-0.4, -0.2) is 28.7 Å². The minimum atomic E-state index is -0.732. The molecule has 15 heavy (non-hydrogen) atoms. The van der Waals surface area contributed by atoms with Crippen molar-refractivity contribution in [3.05, 3.63) is 35.6 Å². The van der Waals surface area contributed by atoms with E-state index in [2.05, 4.69) is 0 Å². The Morgan fingerprint density at radius 1 is 1.40 bits per heavy atom. The maximum absolute atomic E-state index is 13.3. The monoisotopic (exact) mass is 230 g/mol. The molecular formula is C11H15FO2S. The van der Waals surface area contributed by atoms with E-state index in [1.165, 1.54) is 17.8 Å². The standard InChI is InChI=1S/C11H15FO2S/c1-8(15-7-9(14)6-13)10-4-2-3-5-11(10)12/h2-5,8-9,13-14H,6-7H2,1H3. The SMILES string of the molecule is CC(SCC(O)CO)c1ccccc1F. The van der Waals surface area contributed by atoms with Crippen molar-refractivity contribution < 1.29 is 14.6 Å². The molecule has 0 radical (unpaired) electrons. The molecule has 0 amide bonds. The number of halogens is 1. The van der Waals surface area contributed by atoms with Crippen molar-refractivity contribution in [2.75, 3.05) is 12.4 Å². The minimum absolute atomic E-state index is 0.0209. The van der Waals surface area contributed by atoms with Crippen molar-refractivity contribution in [3.63, 3.8) is 0 Å². The number of rotatable bonds is 5. The van der Waals surface area contributed by atoms with Crippen LogP contribution in [0, 0.1) is 5.82 Å². The van der Waals surface area contributed by atoms with E-state index in [9.17, 15) is 4.39 Å². The van der Waals surface area contributed by atoms with Gasteiger partial charge in [0.25, 0.3) is 0 Å². The van der Waals surface area contributed by atoms with Crippen LogP contribution in [0.3, 0.4) is 0 Å². The van der Waals surface area contributed by atoms with Crippen LogP contribution >= 0.6 is 11.8 Å². The van der Waals surface area contributed by atoms with Crippen molar-refractivity contribution in [1.82, 2.24) is 0 Å². The summed E-state index contributed by atoms with van der Waals surface area (Å²) in [5.41, 5.74) is 0.632. The molecule has 0 fully saturated rings. The summed E-state index contributed by atoms with van der Waals surface area (Å²) in [6.45, 7) is 1.63. The third-order valence-electron chi connectivity index (χ3n) is 2.09. The van der Waals surface area contributed by atoms with Crippen LogP contribution in [0.5, 0.6) is 0 Å². The van der Waals surface area contributed by atoms with Gasteiger partial charge in [0, 0.05) is 16.6 Å². The summed E-state index contributed by atoms with van der Waals surface area (Å²) in [5.74, 6) is 0.183. The third kappa shape index (κ3) is 3.81. The van der Waals surface area contributed by atoms with Gasteiger partial charge in [0.2, 0.25) is 0 Å². The fraction of sp³-hybridized carbons (Fsp3) is 0.455. The quantitative estimate of drug-likeness (QED) is 0.812. The molecule has 1 aromatic rings. The van der Waals surface area contributed by atoms with E-state index in [0.717, 1.165) is 0 Å².